The Bertz CT molecular complexity index is 296. The minimum atomic E-state index is 0.322. The van der Waals surface area contributed by atoms with Gasteiger partial charge in [0.05, 0.1) is 0 Å². The lowest BCUT2D eigenvalue weighted by Crippen LogP contribution is -2.58. The Hall–Kier alpha value is -0.120. The van der Waals surface area contributed by atoms with Crippen LogP contribution in [0.1, 0.15) is 52.9 Å². The van der Waals surface area contributed by atoms with E-state index in [9.17, 15) is 0 Å². The van der Waals surface area contributed by atoms with E-state index in [0.29, 0.717) is 5.54 Å². The van der Waals surface area contributed by atoms with Gasteiger partial charge in [-0.25, -0.2) is 10.0 Å². The third-order valence-corrected chi connectivity index (χ3v) is 5.50. The van der Waals surface area contributed by atoms with Crippen LogP contribution in [-0.4, -0.2) is 58.7 Å². The normalized spacial score (nSPS) is 38.8. The zero-order valence-electron chi connectivity index (χ0n) is 12.4. The first-order valence-electron chi connectivity index (χ1n) is 7.89. The molecule has 0 aromatic rings. The van der Waals surface area contributed by atoms with Gasteiger partial charge in [-0.05, 0) is 66.0 Å². The Morgan fingerprint density at radius 2 is 1.61 bits per heavy atom. The largest absolute Gasteiger partial charge is 0.298 e. The van der Waals surface area contributed by atoms with Crippen LogP contribution in [0.15, 0.2) is 0 Å². The Kier molecular flexibility index (Phi) is 3.41. The van der Waals surface area contributed by atoms with Crippen molar-refractivity contribution in [3.05, 3.63) is 0 Å². The van der Waals surface area contributed by atoms with Crippen LogP contribution in [0.25, 0.3) is 0 Å². The quantitative estimate of drug-likeness (QED) is 0.746. The van der Waals surface area contributed by atoms with E-state index in [1.807, 2.05) is 0 Å². The average Bonchev–Trinajstić information content (AvgIpc) is 2.98. The number of nitrogens with zero attached hydrogens (tertiary/aromatic N) is 3. The van der Waals surface area contributed by atoms with Crippen LogP contribution in [0.5, 0.6) is 0 Å². The Labute approximate surface area is 112 Å². The van der Waals surface area contributed by atoms with Crippen LogP contribution in [0.4, 0.5) is 0 Å². The molecule has 3 saturated heterocycles. The fourth-order valence-corrected chi connectivity index (χ4v) is 4.48. The summed E-state index contributed by atoms with van der Waals surface area (Å²) in [5.74, 6) is 0. The van der Waals surface area contributed by atoms with Crippen molar-refractivity contribution in [2.24, 2.45) is 0 Å². The third-order valence-electron chi connectivity index (χ3n) is 5.50. The van der Waals surface area contributed by atoms with Gasteiger partial charge in [-0.2, -0.15) is 0 Å². The highest BCUT2D eigenvalue weighted by atomic mass is 15.7. The molecule has 0 amide bonds. The van der Waals surface area contributed by atoms with Gasteiger partial charge in [0.15, 0.2) is 0 Å². The van der Waals surface area contributed by atoms with Crippen molar-refractivity contribution in [2.75, 3.05) is 26.2 Å². The average molecular weight is 251 g/mol. The van der Waals surface area contributed by atoms with Crippen LogP contribution >= 0.6 is 0 Å². The van der Waals surface area contributed by atoms with E-state index in [1.54, 1.807) is 0 Å². The van der Waals surface area contributed by atoms with Gasteiger partial charge in [-0.1, -0.05) is 0 Å². The number of hydrazine groups is 1. The highest BCUT2D eigenvalue weighted by Gasteiger charge is 2.48. The molecule has 0 N–H and O–H groups in total. The Morgan fingerprint density at radius 1 is 0.889 bits per heavy atom. The topological polar surface area (TPSA) is 9.72 Å². The van der Waals surface area contributed by atoms with E-state index in [0.717, 1.165) is 12.1 Å². The van der Waals surface area contributed by atoms with Gasteiger partial charge >= 0.3 is 0 Å². The van der Waals surface area contributed by atoms with Crippen LogP contribution in [0.3, 0.4) is 0 Å². The number of hydrogen-bond donors (Lipinski definition) is 0. The maximum atomic E-state index is 2.75. The minimum absolute atomic E-state index is 0.322. The van der Waals surface area contributed by atoms with E-state index in [4.69, 9.17) is 0 Å². The van der Waals surface area contributed by atoms with Gasteiger partial charge in [-0.15, -0.1) is 0 Å². The summed E-state index contributed by atoms with van der Waals surface area (Å²) >= 11 is 0. The van der Waals surface area contributed by atoms with Crippen LogP contribution in [-0.2, 0) is 0 Å². The van der Waals surface area contributed by atoms with Crippen molar-refractivity contribution < 1.29 is 0 Å². The van der Waals surface area contributed by atoms with Gasteiger partial charge in [0.2, 0.25) is 0 Å². The zero-order chi connectivity index (χ0) is 12.8. The lowest BCUT2D eigenvalue weighted by atomic mass is 9.95. The van der Waals surface area contributed by atoms with Gasteiger partial charge in [0.25, 0.3) is 0 Å². The van der Waals surface area contributed by atoms with E-state index in [2.05, 4.69) is 35.7 Å². The monoisotopic (exact) mass is 251 g/mol. The highest BCUT2D eigenvalue weighted by Crippen LogP contribution is 2.37. The smallest absolute Gasteiger partial charge is 0.0455 e. The zero-order valence-corrected chi connectivity index (χ0v) is 12.4. The molecule has 0 radical (unpaired) electrons. The first kappa shape index (κ1) is 12.9. The maximum absolute atomic E-state index is 2.75. The van der Waals surface area contributed by atoms with Crippen molar-refractivity contribution >= 4 is 0 Å². The molecule has 3 nitrogen and oxygen atoms in total. The molecule has 2 atom stereocenters. The standard InChI is InChI=1S/C15H29N3/c1-13-7-6-11-17(13)18-12-8-14(15(18,2)3)16-9-4-5-10-16/h13-14H,4-12H2,1-3H3. The van der Waals surface area contributed by atoms with E-state index < -0.39 is 0 Å². The SMILES string of the molecule is CC1CCCN1N1CCC(N2CCCC2)C1(C)C. The molecule has 3 rings (SSSR count). The van der Waals surface area contributed by atoms with Crippen molar-refractivity contribution in [1.82, 2.24) is 14.9 Å². The molecule has 0 aliphatic carbocycles. The van der Waals surface area contributed by atoms with E-state index >= 15 is 0 Å². The molecule has 0 spiro atoms. The van der Waals surface area contributed by atoms with E-state index in [1.165, 1.54) is 58.3 Å². The first-order valence-corrected chi connectivity index (χ1v) is 7.89. The van der Waals surface area contributed by atoms with Crippen LogP contribution in [0.2, 0.25) is 0 Å². The Morgan fingerprint density at radius 3 is 2.22 bits per heavy atom. The van der Waals surface area contributed by atoms with Crippen LogP contribution < -0.4 is 0 Å². The second kappa shape index (κ2) is 4.77. The number of likely N-dealkylation sites (tertiary alicyclic amines) is 1. The molecule has 3 aliphatic rings. The summed E-state index contributed by atoms with van der Waals surface area (Å²) in [6.45, 7) is 12.5. The molecule has 3 fully saturated rings. The van der Waals surface area contributed by atoms with Crippen LogP contribution in [0, 0.1) is 0 Å². The summed E-state index contributed by atoms with van der Waals surface area (Å²) in [7, 11) is 0. The molecule has 0 aromatic heterocycles. The molecular weight excluding hydrogens is 222 g/mol. The minimum Gasteiger partial charge on any atom is -0.298 e. The molecule has 3 heterocycles. The summed E-state index contributed by atoms with van der Waals surface area (Å²) in [6, 6.07) is 1.52. The second-order valence-electron chi connectivity index (χ2n) is 6.98. The summed E-state index contributed by atoms with van der Waals surface area (Å²) < 4.78 is 0. The summed E-state index contributed by atoms with van der Waals surface area (Å²) in [5.41, 5.74) is 0.322. The lowest BCUT2D eigenvalue weighted by molar-refractivity contribution is -0.0901. The molecule has 3 aliphatic heterocycles. The second-order valence-corrected chi connectivity index (χ2v) is 6.98. The van der Waals surface area contributed by atoms with Gasteiger partial charge in [0, 0.05) is 30.7 Å². The lowest BCUT2D eigenvalue weighted by Gasteiger charge is -2.45. The predicted octanol–water partition coefficient (Wildman–Crippen LogP) is 2.33. The van der Waals surface area contributed by atoms with Gasteiger partial charge in [-0.3, -0.25) is 4.90 Å². The van der Waals surface area contributed by atoms with Crippen molar-refractivity contribution in [2.45, 2.75) is 70.5 Å². The van der Waals surface area contributed by atoms with Crippen molar-refractivity contribution in [3.63, 3.8) is 0 Å². The molecular formula is C15H29N3. The summed E-state index contributed by atoms with van der Waals surface area (Å²) in [5, 5.41) is 5.36. The summed E-state index contributed by atoms with van der Waals surface area (Å²) in [6.07, 6.45) is 6.93. The van der Waals surface area contributed by atoms with Crippen molar-refractivity contribution in [1.29, 1.82) is 0 Å². The van der Waals surface area contributed by atoms with E-state index in [-0.39, 0.29) is 0 Å². The summed E-state index contributed by atoms with van der Waals surface area (Å²) in [4.78, 5) is 2.75. The third kappa shape index (κ3) is 2.00. The molecule has 2 unspecified atom stereocenters. The van der Waals surface area contributed by atoms with Gasteiger partial charge in [0.1, 0.15) is 0 Å². The first-order chi connectivity index (χ1) is 8.60. The highest BCUT2D eigenvalue weighted by molar-refractivity contribution is 5.01. The molecule has 18 heavy (non-hydrogen) atoms. The number of hydrogen-bond acceptors (Lipinski definition) is 3. The number of rotatable bonds is 2. The molecule has 0 saturated carbocycles. The fourth-order valence-electron chi connectivity index (χ4n) is 4.48. The van der Waals surface area contributed by atoms with Crippen molar-refractivity contribution in [3.8, 4) is 0 Å². The maximum Gasteiger partial charge on any atom is 0.0455 e. The fraction of sp³-hybridized carbons (Fsp3) is 1.00. The molecule has 0 bridgehead atoms. The molecule has 3 heteroatoms. The van der Waals surface area contributed by atoms with Gasteiger partial charge < -0.3 is 0 Å². The molecule has 104 valence electrons. The molecule has 0 aromatic carbocycles. The Balaban J connectivity index is 1.73. The predicted molar refractivity (Wildman–Crippen MR) is 75.4 cm³/mol.